The quantitative estimate of drug-likeness (QED) is 0.804. The van der Waals surface area contributed by atoms with E-state index in [0.29, 0.717) is 11.3 Å². The Labute approximate surface area is 130 Å². The summed E-state index contributed by atoms with van der Waals surface area (Å²) in [6.07, 6.45) is 9.49. The van der Waals surface area contributed by atoms with Crippen LogP contribution in [0.15, 0.2) is 22.7 Å². The Hall–Kier alpha value is -0.340. The number of rotatable bonds is 3. The van der Waals surface area contributed by atoms with Crippen molar-refractivity contribution in [2.75, 3.05) is 0 Å². The van der Waals surface area contributed by atoms with Gasteiger partial charge >= 0.3 is 0 Å². The fourth-order valence-electron chi connectivity index (χ4n) is 4.46. The molecule has 0 radical (unpaired) electrons. The first-order chi connectivity index (χ1) is 9.64. The molecule has 1 unspecified atom stereocenters. The van der Waals surface area contributed by atoms with E-state index in [4.69, 9.17) is 0 Å². The number of hydrogen-bond donors (Lipinski definition) is 1. The molecule has 110 valence electrons. The standard InChI is InChI=1S/C18H25BrO/c1-2-3-4-17-16-11-14(19)6-5-13(16)12-18(17)9-7-15(20)8-10-18/h5-6,11,15,17,20H,2-4,7-10,12H2,1H3. The summed E-state index contributed by atoms with van der Waals surface area (Å²) in [7, 11) is 0. The van der Waals surface area contributed by atoms with Crippen LogP contribution in [0.5, 0.6) is 0 Å². The number of hydrogen-bond acceptors (Lipinski definition) is 1. The van der Waals surface area contributed by atoms with Gasteiger partial charge in [-0.1, -0.05) is 41.8 Å². The second-order valence-electron chi connectivity index (χ2n) is 6.81. The zero-order valence-electron chi connectivity index (χ0n) is 12.4. The first-order valence-corrected chi connectivity index (χ1v) is 8.90. The Morgan fingerprint density at radius 1 is 1.30 bits per heavy atom. The average Bonchev–Trinajstić information content (AvgIpc) is 2.73. The van der Waals surface area contributed by atoms with Crippen LogP contribution in [0.25, 0.3) is 0 Å². The summed E-state index contributed by atoms with van der Waals surface area (Å²) in [6.45, 7) is 2.29. The molecule has 2 heteroatoms. The first-order valence-electron chi connectivity index (χ1n) is 8.11. The van der Waals surface area contributed by atoms with E-state index in [9.17, 15) is 5.11 Å². The van der Waals surface area contributed by atoms with Crippen molar-refractivity contribution in [3.63, 3.8) is 0 Å². The molecule has 1 atom stereocenters. The maximum absolute atomic E-state index is 9.87. The van der Waals surface area contributed by atoms with Crippen LogP contribution < -0.4 is 0 Å². The van der Waals surface area contributed by atoms with Gasteiger partial charge in [0.25, 0.3) is 0 Å². The van der Waals surface area contributed by atoms with E-state index in [2.05, 4.69) is 41.1 Å². The number of unbranched alkanes of at least 4 members (excludes halogenated alkanes) is 1. The number of halogens is 1. The van der Waals surface area contributed by atoms with E-state index >= 15 is 0 Å². The lowest BCUT2D eigenvalue weighted by Crippen LogP contribution is -2.33. The van der Waals surface area contributed by atoms with Gasteiger partial charge in [0.1, 0.15) is 0 Å². The zero-order chi connectivity index (χ0) is 14.2. The molecule has 20 heavy (non-hydrogen) atoms. The molecule has 1 fully saturated rings. The number of aliphatic hydroxyl groups is 1. The number of fused-ring (bicyclic) bond motifs is 1. The van der Waals surface area contributed by atoms with Crippen LogP contribution in [0.1, 0.15) is 68.9 Å². The second-order valence-corrected chi connectivity index (χ2v) is 7.72. The smallest absolute Gasteiger partial charge is 0.0540 e. The minimum Gasteiger partial charge on any atom is -0.393 e. The van der Waals surface area contributed by atoms with E-state index in [1.807, 2.05) is 0 Å². The molecule has 3 rings (SSSR count). The molecule has 0 bridgehead atoms. The van der Waals surface area contributed by atoms with Crippen molar-refractivity contribution in [3.8, 4) is 0 Å². The van der Waals surface area contributed by atoms with Crippen molar-refractivity contribution in [1.82, 2.24) is 0 Å². The molecule has 1 spiro atoms. The highest BCUT2D eigenvalue weighted by Gasteiger charge is 2.46. The lowest BCUT2D eigenvalue weighted by Gasteiger charge is -2.41. The molecule has 0 aliphatic heterocycles. The average molecular weight is 337 g/mol. The molecule has 0 heterocycles. The summed E-state index contributed by atoms with van der Waals surface area (Å²) in [4.78, 5) is 0. The largest absolute Gasteiger partial charge is 0.393 e. The number of benzene rings is 1. The van der Waals surface area contributed by atoms with Gasteiger partial charge in [-0.15, -0.1) is 0 Å². The van der Waals surface area contributed by atoms with Gasteiger partial charge in [-0.3, -0.25) is 0 Å². The van der Waals surface area contributed by atoms with Crippen LogP contribution >= 0.6 is 15.9 Å². The third-order valence-electron chi connectivity index (χ3n) is 5.56. The van der Waals surface area contributed by atoms with Crippen LogP contribution in [0.4, 0.5) is 0 Å². The van der Waals surface area contributed by atoms with Crippen LogP contribution in [0.2, 0.25) is 0 Å². The van der Waals surface area contributed by atoms with Crippen LogP contribution in [0.3, 0.4) is 0 Å². The van der Waals surface area contributed by atoms with E-state index in [-0.39, 0.29) is 6.10 Å². The highest BCUT2D eigenvalue weighted by atomic mass is 79.9. The van der Waals surface area contributed by atoms with Crippen molar-refractivity contribution >= 4 is 15.9 Å². The van der Waals surface area contributed by atoms with Crippen molar-refractivity contribution in [2.24, 2.45) is 5.41 Å². The molecule has 1 saturated carbocycles. The molecular weight excluding hydrogens is 312 g/mol. The Bertz CT molecular complexity index is 474. The predicted molar refractivity (Wildman–Crippen MR) is 87.0 cm³/mol. The molecule has 0 amide bonds. The molecule has 1 aromatic rings. The van der Waals surface area contributed by atoms with E-state index in [1.165, 1.54) is 43.0 Å². The van der Waals surface area contributed by atoms with Crippen molar-refractivity contribution in [1.29, 1.82) is 0 Å². The molecule has 1 aromatic carbocycles. The van der Waals surface area contributed by atoms with Crippen LogP contribution in [-0.2, 0) is 6.42 Å². The summed E-state index contributed by atoms with van der Waals surface area (Å²) in [5.41, 5.74) is 3.59. The molecule has 0 saturated heterocycles. The fourth-order valence-corrected chi connectivity index (χ4v) is 4.83. The summed E-state index contributed by atoms with van der Waals surface area (Å²) >= 11 is 3.64. The normalized spacial score (nSPS) is 32.5. The van der Waals surface area contributed by atoms with Crippen LogP contribution in [0, 0.1) is 5.41 Å². The third kappa shape index (κ3) is 2.57. The van der Waals surface area contributed by atoms with Gasteiger partial charge in [0.05, 0.1) is 6.10 Å². The molecule has 2 aliphatic rings. The maximum atomic E-state index is 9.87. The number of aliphatic hydroxyl groups excluding tert-OH is 1. The Morgan fingerprint density at radius 2 is 2.05 bits per heavy atom. The molecule has 0 aromatic heterocycles. The maximum Gasteiger partial charge on any atom is 0.0540 e. The van der Waals surface area contributed by atoms with E-state index in [0.717, 1.165) is 12.8 Å². The SMILES string of the molecule is CCCCC1c2cc(Br)ccc2CC12CCC(O)CC2. The second kappa shape index (κ2) is 5.81. The van der Waals surface area contributed by atoms with Gasteiger partial charge in [-0.05, 0) is 73.1 Å². The lowest BCUT2D eigenvalue weighted by molar-refractivity contribution is 0.0505. The fraction of sp³-hybridized carbons (Fsp3) is 0.667. The van der Waals surface area contributed by atoms with Gasteiger partial charge < -0.3 is 5.11 Å². The van der Waals surface area contributed by atoms with Gasteiger partial charge in [0, 0.05) is 4.47 Å². The topological polar surface area (TPSA) is 20.2 Å². The van der Waals surface area contributed by atoms with E-state index in [1.54, 1.807) is 11.1 Å². The molecule has 1 N–H and O–H groups in total. The van der Waals surface area contributed by atoms with Crippen molar-refractivity contribution in [2.45, 2.75) is 70.3 Å². The van der Waals surface area contributed by atoms with Gasteiger partial charge in [-0.25, -0.2) is 0 Å². The lowest BCUT2D eigenvalue weighted by atomic mass is 9.64. The zero-order valence-corrected chi connectivity index (χ0v) is 14.0. The van der Waals surface area contributed by atoms with Gasteiger partial charge in [0.2, 0.25) is 0 Å². The van der Waals surface area contributed by atoms with Gasteiger partial charge in [0.15, 0.2) is 0 Å². The monoisotopic (exact) mass is 336 g/mol. The van der Waals surface area contributed by atoms with Crippen molar-refractivity contribution in [3.05, 3.63) is 33.8 Å². The molecule has 2 aliphatic carbocycles. The summed E-state index contributed by atoms with van der Waals surface area (Å²) in [5, 5.41) is 9.87. The predicted octanol–water partition coefficient (Wildman–Crippen LogP) is 5.20. The van der Waals surface area contributed by atoms with Crippen molar-refractivity contribution < 1.29 is 5.11 Å². The van der Waals surface area contributed by atoms with Gasteiger partial charge in [-0.2, -0.15) is 0 Å². The highest BCUT2D eigenvalue weighted by molar-refractivity contribution is 9.10. The minimum atomic E-state index is -0.0529. The Kier molecular flexibility index (Phi) is 4.24. The summed E-state index contributed by atoms with van der Waals surface area (Å²) < 4.78 is 1.21. The molecular formula is C18H25BrO. The van der Waals surface area contributed by atoms with Crippen LogP contribution in [-0.4, -0.2) is 11.2 Å². The Balaban J connectivity index is 1.91. The summed E-state index contributed by atoms with van der Waals surface area (Å²) in [5.74, 6) is 0.711. The highest BCUT2D eigenvalue weighted by Crippen LogP contribution is 2.57. The Morgan fingerprint density at radius 3 is 2.75 bits per heavy atom. The first kappa shape index (κ1) is 14.6. The summed E-state index contributed by atoms with van der Waals surface area (Å²) in [6, 6.07) is 6.86. The third-order valence-corrected chi connectivity index (χ3v) is 6.06. The van der Waals surface area contributed by atoms with E-state index < -0.39 is 0 Å². The minimum absolute atomic E-state index is 0.0529. The molecule has 1 nitrogen and oxygen atoms in total.